The molecule has 84 valence electrons. The van der Waals surface area contributed by atoms with Gasteiger partial charge in [0.25, 0.3) is 0 Å². The summed E-state index contributed by atoms with van der Waals surface area (Å²) >= 11 is 6.65. The van der Waals surface area contributed by atoms with Crippen LogP contribution in [-0.4, -0.2) is 10.2 Å². The number of rotatable bonds is 2. The summed E-state index contributed by atoms with van der Waals surface area (Å²) in [5.74, 6) is -0.288. The summed E-state index contributed by atoms with van der Waals surface area (Å²) in [7, 11) is 0. The molecule has 2 rings (SSSR count). The molecule has 0 aliphatic rings. The van der Waals surface area contributed by atoms with E-state index in [1.807, 2.05) is 6.92 Å². The van der Waals surface area contributed by atoms with Gasteiger partial charge in [-0.15, -0.1) is 0 Å². The standard InChI is InChI=1S/C11H9Br2FN2/c1-2-9-10(13)11(16-15-9)7-4-3-6(12)5-8(7)14/h3-5H,2H2,1H3,(H,15,16). The van der Waals surface area contributed by atoms with Crippen LogP contribution in [0.4, 0.5) is 4.39 Å². The van der Waals surface area contributed by atoms with E-state index in [1.165, 1.54) is 6.07 Å². The minimum absolute atomic E-state index is 0.288. The van der Waals surface area contributed by atoms with Crippen LogP contribution in [0.25, 0.3) is 11.3 Å². The fraction of sp³-hybridized carbons (Fsp3) is 0.182. The summed E-state index contributed by atoms with van der Waals surface area (Å²) in [6, 6.07) is 4.94. The van der Waals surface area contributed by atoms with Crippen LogP contribution < -0.4 is 0 Å². The van der Waals surface area contributed by atoms with E-state index in [0.717, 1.165) is 21.1 Å². The Balaban J connectivity index is 2.54. The SMILES string of the molecule is CCc1[nH]nc(-c2ccc(Br)cc2F)c1Br. The number of halogens is 3. The Morgan fingerprint density at radius 1 is 1.38 bits per heavy atom. The van der Waals surface area contributed by atoms with Gasteiger partial charge in [0, 0.05) is 15.7 Å². The lowest BCUT2D eigenvalue weighted by Crippen LogP contribution is -1.85. The first-order valence-electron chi connectivity index (χ1n) is 4.81. The van der Waals surface area contributed by atoms with E-state index in [-0.39, 0.29) is 5.82 Å². The van der Waals surface area contributed by atoms with E-state index in [9.17, 15) is 4.39 Å². The molecule has 16 heavy (non-hydrogen) atoms. The molecule has 1 aromatic carbocycles. The highest BCUT2D eigenvalue weighted by atomic mass is 79.9. The first kappa shape index (κ1) is 11.8. The molecule has 1 heterocycles. The number of aromatic nitrogens is 2. The summed E-state index contributed by atoms with van der Waals surface area (Å²) in [6.45, 7) is 2.01. The van der Waals surface area contributed by atoms with E-state index >= 15 is 0 Å². The molecular formula is C11H9Br2FN2. The highest BCUT2D eigenvalue weighted by molar-refractivity contribution is 9.10. The van der Waals surface area contributed by atoms with Crippen molar-refractivity contribution in [2.45, 2.75) is 13.3 Å². The third-order valence-corrected chi connectivity index (χ3v) is 3.66. The summed E-state index contributed by atoms with van der Waals surface area (Å²) in [4.78, 5) is 0. The summed E-state index contributed by atoms with van der Waals surface area (Å²) < 4.78 is 15.3. The molecule has 0 amide bonds. The average Bonchev–Trinajstić information content (AvgIpc) is 2.60. The van der Waals surface area contributed by atoms with E-state index in [1.54, 1.807) is 12.1 Å². The van der Waals surface area contributed by atoms with Crippen LogP contribution in [0.3, 0.4) is 0 Å². The number of hydrogen-bond acceptors (Lipinski definition) is 1. The monoisotopic (exact) mass is 346 g/mol. The molecule has 0 atom stereocenters. The molecule has 0 aliphatic heterocycles. The molecule has 0 saturated heterocycles. The second kappa shape index (κ2) is 4.67. The highest BCUT2D eigenvalue weighted by Crippen LogP contribution is 2.31. The Kier molecular flexibility index (Phi) is 3.44. The Morgan fingerprint density at radius 2 is 2.12 bits per heavy atom. The van der Waals surface area contributed by atoms with Gasteiger partial charge >= 0.3 is 0 Å². The smallest absolute Gasteiger partial charge is 0.133 e. The lowest BCUT2D eigenvalue weighted by molar-refractivity contribution is 0.629. The quantitative estimate of drug-likeness (QED) is 0.861. The van der Waals surface area contributed by atoms with Gasteiger partial charge < -0.3 is 0 Å². The highest BCUT2D eigenvalue weighted by Gasteiger charge is 2.14. The number of aryl methyl sites for hydroxylation is 1. The number of benzene rings is 1. The average molecular weight is 348 g/mol. The second-order valence-corrected chi connectivity index (χ2v) is 5.05. The van der Waals surface area contributed by atoms with Crippen molar-refractivity contribution in [1.29, 1.82) is 0 Å². The van der Waals surface area contributed by atoms with Crippen molar-refractivity contribution in [3.8, 4) is 11.3 Å². The maximum Gasteiger partial charge on any atom is 0.133 e. The molecule has 0 bridgehead atoms. The van der Waals surface area contributed by atoms with Crippen molar-refractivity contribution in [2.24, 2.45) is 0 Å². The zero-order chi connectivity index (χ0) is 11.7. The molecule has 0 aliphatic carbocycles. The van der Waals surface area contributed by atoms with E-state index in [4.69, 9.17) is 0 Å². The van der Waals surface area contributed by atoms with Crippen molar-refractivity contribution in [3.05, 3.63) is 38.7 Å². The summed E-state index contributed by atoms with van der Waals surface area (Å²) in [5, 5.41) is 7.01. The van der Waals surface area contributed by atoms with Crippen LogP contribution in [-0.2, 0) is 6.42 Å². The molecule has 2 nitrogen and oxygen atoms in total. The largest absolute Gasteiger partial charge is 0.281 e. The van der Waals surface area contributed by atoms with Gasteiger partial charge in [0.05, 0.1) is 4.47 Å². The third kappa shape index (κ3) is 2.06. The van der Waals surface area contributed by atoms with Gasteiger partial charge in [0.15, 0.2) is 0 Å². The van der Waals surface area contributed by atoms with Gasteiger partial charge in [-0.2, -0.15) is 5.10 Å². The lowest BCUT2D eigenvalue weighted by Gasteiger charge is -2.01. The maximum atomic E-state index is 13.7. The predicted octanol–water partition coefficient (Wildman–Crippen LogP) is 4.30. The first-order valence-corrected chi connectivity index (χ1v) is 6.40. The number of nitrogens with one attached hydrogen (secondary N) is 1. The van der Waals surface area contributed by atoms with Crippen molar-refractivity contribution in [1.82, 2.24) is 10.2 Å². The third-order valence-electron chi connectivity index (χ3n) is 2.32. The van der Waals surface area contributed by atoms with Gasteiger partial charge in [0.2, 0.25) is 0 Å². The fourth-order valence-corrected chi connectivity index (χ4v) is 2.46. The Labute approximate surface area is 110 Å². The van der Waals surface area contributed by atoms with Gasteiger partial charge in [-0.1, -0.05) is 22.9 Å². The van der Waals surface area contributed by atoms with Crippen LogP contribution >= 0.6 is 31.9 Å². The zero-order valence-corrected chi connectivity index (χ0v) is 11.7. The zero-order valence-electron chi connectivity index (χ0n) is 8.52. The fourth-order valence-electron chi connectivity index (χ4n) is 1.46. The van der Waals surface area contributed by atoms with Crippen LogP contribution in [0.15, 0.2) is 27.1 Å². The normalized spacial score (nSPS) is 10.8. The topological polar surface area (TPSA) is 28.7 Å². The summed E-state index contributed by atoms with van der Waals surface area (Å²) in [5.41, 5.74) is 2.07. The molecule has 0 fully saturated rings. The van der Waals surface area contributed by atoms with Gasteiger partial charge in [-0.3, -0.25) is 5.10 Å². The second-order valence-electron chi connectivity index (χ2n) is 3.34. The van der Waals surface area contributed by atoms with E-state index < -0.39 is 0 Å². The van der Waals surface area contributed by atoms with Crippen LogP contribution in [0, 0.1) is 5.82 Å². The van der Waals surface area contributed by atoms with E-state index in [2.05, 4.69) is 42.1 Å². The maximum absolute atomic E-state index is 13.7. The van der Waals surface area contributed by atoms with Crippen molar-refractivity contribution in [2.75, 3.05) is 0 Å². The minimum Gasteiger partial charge on any atom is -0.281 e. The van der Waals surface area contributed by atoms with Crippen molar-refractivity contribution in [3.63, 3.8) is 0 Å². The number of hydrogen-bond donors (Lipinski definition) is 1. The minimum atomic E-state index is -0.288. The molecular weight excluding hydrogens is 339 g/mol. The van der Waals surface area contributed by atoms with Gasteiger partial charge in [-0.25, -0.2) is 4.39 Å². The number of nitrogens with zero attached hydrogens (tertiary/aromatic N) is 1. The van der Waals surface area contributed by atoms with Crippen molar-refractivity contribution >= 4 is 31.9 Å². The number of aromatic amines is 1. The van der Waals surface area contributed by atoms with Crippen LogP contribution in [0.2, 0.25) is 0 Å². The first-order chi connectivity index (χ1) is 7.63. The van der Waals surface area contributed by atoms with Gasteiger partial charge in [0.1, 0.15) is 11.5 Å². The van der Waals surface area contributed by atoms with Crippen molar-refractivity contribution < 1.29 is 4.39 Å². The molecule has 0 saturated carbocycles. The van der Waals surface area contributed by atoms with Crippen LogP contribution in [0.5, 0.6) is 0 Å². The molecule has 1 aromatic heterocycles. The molecule has 1 N–H and O–H groups in total. The Morgan fingerprint density at radius 3 is 2.69 bits per heavy atom. The Hall–Kier alpha value is -0.680. The lowest BCUT2D eigenvalue weighted by atomic mass is 10.1. The van der Waals surface area contributed by atoms with E-state index in [0.29, 0.717) is 11.3 Å². The number of H-pyrrole nitrogens is 1. The predicted molar refractivity (Wildman–Crippen MR) is 68.8 cm³/mol. The van der Waals surface area contributed by atoms with Gasteiger partial charge in [-0.05, 0) is 40.5 Å². The molecule has 0 radical (unpaired) electrons. The summed E-state index contributed by atoms with van der Waals surface area (Å²) in [6.07, 6.45) is 0.825. The molecule has 2 aromatic rings. The molecule has 0 unspecified atom stereocenters. The Bertz CT molecular complexity index is 523. The molecule has 5 heteroatoms. The molecule has 0 spiro atoms. The van der Waals surface area contributed by atoms with Crippen LogP contribution in [0.1, 0.15) is 12.6 Å².